The van der Waals surface area contributed by atoms with Crippen molar-refractivity contribution >= 4 is 41.1 Å². The maximum absolute atomic E-state index is 11.7. The molecule has 3 rings (SSSR count). The molecule has 2 aromatic heterocycles. The first-order valence-electron chi connectivity index (χ1n) is 6.12. The molecule has 0 saturated heterocycles. The number of nitrogens with two attached hydrogens (primary N) is 2. The number of hydrogen-bond donors (Lipinski definition) is 3. The maximum Gasteiger partial charge on any atom is 0.334 e. The van der Waals surface area contributed by atoms with Gasteiger partial charge < -0.3 is 16.6 Å². The summed E-state index contributed by atoms with van der Waals surface area (Å²) in [6, 6.07) is 3.40. The molecule has 1 aliphatic heterocycles. The Morgan fingerprint density at radius 3 is 2.59 bits per heavy atom. The van der Waals surface area contributed by atoms with Crippen LogP contribution in [0.15, 0.2) is 39.5 Å². The third kappa shape index (κ3) is 2.36. The van der Waals surface area contributed by atoms with Gasteiger partial charge >= 0.3 is 5.97 Å². The number of fused-ring (bicyclic) bond motifs is 1. The number of rotatable bonds is 2. The fourth-order valence-corrected chi connectivity index (χ4v) is 3.69. The van der Waals surface area contributed by atoms with Gasteiger partial charge in [0.15, 0.2) is 0 Å². The molecule has 1 aliphatic rings. The number of aromatic nitrogens is 3. The van der Waals surface area contributed by atoms with Crippen molar-refractivity contribution in [2.75, 3.05) is 11.5 Å². The summed E-state index contributed by atoms with van der Waals surface area (Å²) in [5, 5.41) is 9.99. The topological polar surface area (TPSA) is 128 Å². The zero-order chi connectivity index (χ0) is 15.9. The Morgan fingerprint density at radius 1 is 1.27 bits per heavy atom. The van der Waals surface area contributed by atoms with Crippen LogP contribution in [0.5, 0.6) is 0 Å². The molecule has 7 nitrogen and oxygen atoms in total. The Hall–Kier alpha value is -2.32. The molecule has 3 heterocycles. The summed E-state index contributed by atoms with van der Waals surface area (Å²) in [4.78, 5) is 23.7. The van der Waals surface area contributed by atoms with Crippen molar-refractivity contribution in [3.63, 3.8) is 0 Å². The van der Waals surface area contributed by atoms with Crippen LogP contribution in [0.25, 0.3) is 0 Å². The normalized spacial score (nSPS) is 17.2. The molecule has 1 unspecified atom stereocenters. The molecule has 0 spiro atoms. The van der Waals surface area contributed by atoms with E-state index in [1.54, 1.807) is 24.5 Å². The van der Waals surface area contributed by atoms with Gasteiger partial charge in [0.25, 0.3) is 0 Å². The molecule has 0 saturated carbocycles. The average molecular weight is 336 g/mol. The number of halogens is 1. The number of anilines is 2. The smallest absolute Gasteiger partial charge is 0.334 e. The monoisotopic (exact) mass is 335 g/mol. The molecule has 9 heteroatoms. The van der Waals surface area contributed by atoms with E-state index in [1.165, 1.54) is 0 Å². The van der Waals surface area contributed by atoms with Crippen molar-refractivity contribution in [3.05, 3.63) is 45.6 Å². The molecule has 0 radical (unpaired) electrons. The average Bonchev–Trinajstić information content (AvgIpc) is 2.45. The Balaban J connectivity index is 2.30. The van der Waals surface area contributed by atoms with Gasteiger partial charge in [-0.1, -0.05) is 23.4 Å². The van der Waals surface area contributed by atoms with E-state index >= 15 is 0 Å². The first-order valence-corrected chi connectivity index (χ1v) is 7.32. The molecular weight excluding hydrogens is 326 g/mol. The summed E-state index contributed by atoms with van der Waals surface area (Å²) in [7, 11) is 0. The van der Waals surface area contributed by atoms with Crippen LogP contribution in [-0.2, 0) is 4.79 Å². The summed E-state index contributed by atoms with van der Waals surface area (Å²) >= 11 is 7.17. The lowest BCUT2D eigenvalue weighted by Gasteiger charge is -2.26. The Kier molecular flexibility index (Phi) is 3.63. The SMILES string of the molecule is Nc1nc(N)c2c(n1)SC(Cl)=C(C(=O)O)C2c1ccncc1. The Morgan fingerprint density at radius 2 is 1.95 bits per heavy atom. The fourth-order valence-electron chi connectivity index (χ4n) is 2.33. The molecule has 0 aliphatic carbocycles. The molecule has 1 atom stereocenters. The first-order chi connectivity index (χ1) is 10.5. The van der Waals surface area contributed by atoms with Crippen LogP contribution in [0.3, 0.4) is 0 Å². The lowest BCUT2D eigenvalue weighted by Crippen LogP contribution is -2.20. The number of aliphatic carboxylic acids is 1. The molecule has 5 N–H and O–H groups in total. The second-order valence-electron chi connectivity index (χ2n) is 4.49. The van der Waals surface area contributed by atoms with Crippen LogP contribution < -0.4 is 11.5 Å². The Bertz CT molecular complexity index is 797. The van der Waals surface area contributed by atoms with Gasteiger partial charge in [-0.05, 0) is 17.7 Å². The van der Waals surface area contributed by atoms with E-state index in [2.05, 4.69) is 15.0 Å². The van der Waals surface area contributed by atoms with Crippen molar-refractivity contribution in [2.45, 2.75) is 10.9 Å². The van der Waals surface area contributed by atoms with Gasteiger partial charge in [0.1, 0.15) is 10.8 Å². The predicted octanol–water partition coefficient (Wildman–Crippen LogP) is 1.81. The lowest BCUT2D eigenvalue weighted by molar-refractivity contribution is -0.132. The van der Waals surface area contributed by atoms with Crippen LogP contribution >= 0.6 is 23.4 Å². The van der Waals surface area contributed by atoms with Gasteiger partial charge in [0, 0.05) is 23.9 Å². The van der Waals surface area contributed by atoms with Crippen molar-refractivity contribution in [2.24, 2.45) is 0 Å². The summed E-state index contributed by atoms with van der Waals surface area (Å²) in [5.74, 6) is -1.65. The fraction of sp³-hybridized carbons (Fsp3) is 0.0769. The zero-order valence-corrected chi connectivity index (χ0v) is 12.6. The van der Waals surface area contributed by atoms with Crippen molar-refractivity contribution in [3.8, 4) is 0 Å². The van der Waals surface area contributed by atoms with Crippen LogP contribution in [0.1, 0.15) is 17.0 Å². The van der Waals surface area contributed by atoms with Gasteiger partial charge in [-0.2, -0.15) is 4.98 Å². The van der Waals surface area contributed by atoms with E-state index < -0.39 is 11.9 Å². The summed E-state index contributed by atoms with van der Waals surface area (Å²) in [6.07, 6.45) is 3.14. The molecule has 0 amide bonds. The number of nitrogens with zero attached hydrogens (tertiary/aromatic N) is 3. The highest BCUT2D eigenvalue weighted by Gasteiger charge is 2.36. The summed E-state index contributed by atoms with van der Waals surface area (Å²) in [5.41, 5.74) is 12.8. The number of carbonyl (C=O) groups is 1. The van der Waals surface area contributed by atoms with Gasteiger partial charge in [-0.15, -0.1) is 0 Å². The van der Waals surface area contributed by atoms with Gasteiger partial charge in [0.2, 0.25) is 5.95 Å². The minimum Gasteiger partial charge on any atom is -0.478 e. The predicted molar refractivity (Wildman–Crippen MR) is 83.3 cm³/mol. The largest absolute Gasteiger partial charge is 0.478 e. The van der Waals surface area contributed by atoms with Crippen molar-refractivity contribution < 1.29 is 9.90 Å². The molecule has 0 bridgehead atoms. The summed E-state index contributed by atoms with van der Waals surface area (Å²) in [6.45, 7) is 0. The van der Waals surface area contributed by atoms with Crippen molar-refractivity contribution in [1.29, 1.82) is 0 Å². The summed E-state index contributed by atoms with van der Waals surface area (Å²) < 4.78 is 0.124. The molecule has 0 aromatic carbocycles. The number of thioether (sulfide) groups is 1. The zero-order valence-electron chi connectivity index (χ0n) is 11.0. The number of carboxylic acid groups (broad SMARTS) is 1. The molecule has 0 fully saturated rings. The quantitative estimate of drug-likeness (QED) is 0.709. The molecule has 2 aromatic rings. The third-order valence-electron chi connectivity index (χ3n) is 3.20. The third-order valence-corrected chi connectivity index (χ3v) is 4.54. The first kappa shape index (κ1) is 14.6. The standard InChI is InChI=1S/C13H10ClN5O2S/c14-9-7(12(20)21)6(5-1-3-17-4-2-5)8-10(15)18-13(16)19-11(8)22-9/h1-4,6H,(H,20,21)(H4,15,16,18,19). The highest BCUT2D eigenvalue weighted by Crippen LogP contribution is 2.49. The van der Waals surface area contributed by atoms with Crippen LogP contribution in [0.4, 0.5) is 11.8 Å². The minimum atomic E-state index is -1.12. The van der Waals surface area contributed by atoms with E-state index in [9.17, 15) is 9.90 Å². The molecule has 22 heavy (non-hydrogen) atoms. The lowest BCUT2D eigenvalue weighted by atomic mass is 9.86. The van der Waals surface area contributed by atoms with E-state index in [4.69, 9.17) is 23.1 Å². The highest BCUT2D eigenvalue weighted by molar-refractivity contribution is 8.04. The number of hydrogen-bond acceptors (Lipinski definition) is 7. The van der Waals surface area contributed by atoms with Crippen LogP contribution in [0, 0.1) is 0 Å². The minimum absolute atomic E-state index is 0.0143. The highest BCUT2D eigenvalue weighted by atomic mass is 35.5. The second-order valence-corrected chi connectivity index (χ2v) is 6.10. The maximum atomic E-state index is 11.7. The van der Waals surface area contributed by atoms with E-state index in [0.29, 0.717) is 16.2 Å². The van der Waals surface area contributed by atoms with Gasteiger partial charge in [-0.25, -0.2) is 9.78 Å². The van der Waals surface area contributed by atoms with Gasteiger partial charge in [-0.3, -0.25) is 4.98 Å². The number of pyridine rings is 1. The molecular formula is C13H10ClN5O2S. The van der Waals surface area contributed by atoms with Crippen LogP contribution in [-0.4, -0.2) is 26.0 Å². The Labute approximate surface area is 134 Å². The number of nitrogen functional groups attached to an aromatic ring is 2. The number of carboxylic acids is 1. The van der Waals surface area contributed by atoms with E-state index in [1.807, 2.05) is 0 Å². The molecule has 112 valence electrons. The second kappa shape index (κ2) is 5.47. The van der Waals surface area contributed by atoms with Crippen LogP contribution in [0.2, 0.25) is 0 Å². The van der Waals surface area contributed by atoms with Gasteiger partial charge in [0.05, 0.1) is 9.94 Å². The van der Waals surface area contributed by atoms with E-state index in [0.717, 1.165) is 11.8 Å². The van der Waals surface area contributed by atoms with E-state index in [-0.39, 0.29) is 21.7 Å². The van der Waals surface area contributed by atoms with Crippen molar-refractivity contribution in [1.82, 2.24) is 15.0 Å².